The van der Waals surface area contributed by atoms with Crippen molar-refractivity contribution in [3.05, 3.63) is 0 Å². The second kappa shape index (κ2) is 4.04. The van der Waals surface area contributed by atoms with Gasteiger partial charge in [0.1, 0.15) is 5.78 Å². The number of carbonyl (C=O) groups excluding carboxylic acids is 1. The van der Waals surface area contributed by atoms with E-state index in [0.717, 1.165) is 25.7 Å². The average Bonchev–Trinajstić information content (AvgIpc) is 2.95. The van der Waals surface area contributed by atoms with Gasteiger partial charge in [-0.25, -0.2) is 12.7 Å². The highest BCUT2D eigenvalue weighted by molar-refractivity contribution is 7.89. The Balaban J connectivity index is 1.91. The van der Waals surface area contributed by atoms with E-state index in [1.54, 1.807) is 4.31 Å². The van der Waals surface area contributed by atoms with Crippen molar-refractivity contribution in [3.8, 4) is 0 Å². The molecule has 0 aromatic carbocycles. The lowest BCUT2D eigenvalue weighted by Crippen LogP contribution is -2.46. The van der Waals surface area contributed by atoms with Crippen molar-refractivity contribution in [2.75, 3.05) is 18.8 Å². The van der Waals surface area contributed by atoms with Crippen molar-refractivity contribution >= 4 is 15.8 Å². The molecular formula is C14H23NO3S. The fraction of sp³-hybridized carbons (Fsp3) is 0.929. The molecule has 2 aliphatic carbocycles. The van der Waals surface area contributed by atoms with Crippen LogP contribution in [0.25, 0.3) is 0 Å². The first-order valence-electron chi connectivity index (χ1n) is 7.31. The van der Waals surface area contributed by atoms with E-state index in [4.69, 9.17) is 0 Å². The molecule has 4 nitrogen and oxygen atoms in total. The van der Waals surface area contributed by atoms with Crippen LogP contribution in [0, 0.1) is 16.7 Å². The zero-order valence-electron chi connectivity index (χ0n) is 11.8. The summed E-state index contributed by atoms with van der Waals surface area (Å²) >= 11 is 0. The molecule has 1 saturated heterocycles. The lowest BCUT2D eigenvalue weighted by molar-refractivity contribution is -0.128. The van der Waals surface area contributed by atoms with Crippen LogP contribution < -0.4 is 0 Å². The quantitative estimate of drug-likeness (QED) is 0.794. The first-order chi connectivity index (χ1) is 8.80. The van der Waals surface area contributed by atoms with Crippen molar-refractivity contribution < 1.29 is 13.2 Å². The molecule has 2 atom stereocenters. The van der Waals surface area contributed by atoms with E-state index in [1.807, 2.05) is 0 Å². The molecule has 19 heavy (non-hydrogen) atoms. The minimum Gasteiger partial charge on any atom is -0.299 e. The van der Waals surface area contributed by atoms with Crippen LogP contribution in [0.3, 0.4) is 0 Å². The minimum absolute atomic E-state index is 0.0440. The summed E-state index contributed by atoms with van der Waals surface area (Å²) in [7, 11) is -3.28. The predicted octanol–water partition coefficient (Wildman–Crippen LogP) is 1.81. The summed E-state index contributed by atoms with van der Waals surface area (Å²) in [4.78, 5) is 12.4. The zero-order chi connectivity index (χ0) is 13.9. The summed E-state index contributed by atoms with van der Waals surface area (Å²) in [5, 5.41) is 0. The van der Waals surface area contributed by atoms with Crippen LogP contribution in [0.4, 0.5) is 0 Å². The van der Waals surface area contributed by atoms with Crippen molar-refractivity contribution in [2.24, 2.45) is 16.7 Å². The standard InChI is InChI=1S/C14H23NO3S/c1-13(2)11-5-6-14(13,12(16)9-11)10-19(17,18)15-7-3-4-8-15/h11H,3-10H2,1-2H3/t11-,14+/m0/s1. The van der Waals surface area contributed by atoms with Crippen LogP contribution in [0.2, 0.25) is 0 Å². The Bertz CT molecular complexity index is 505. The highest BCUT2D eigenvalue weighted by Crippen LogP contribution is 2.64. The van der Waals surface area contributed by atoms with Gasteiger partial charge in [-0.1, -0.05) is 13.8 Å². The number of ketones is 1. The van der Waals surface area contributed by atoms with Gasteiger partial charge in [-0.05, 0) is 37.0 Å². The first-order valence-corrected chi connectivity index (χ1v) is 8.92. The van der Waals surface area contributed by atoms with Gasteiger partial charge >= 0.3 is 0 Å². The van der Waals surface area contributed by atoms with Crippen molar-refractivity contribution in [3.63, 3.8) is 0 Å². The molecule has 0 aromatic heterocycles. The molecule has 0 N–H and O–H groups in total. The molecule has 1 heterocycles. The predicted molar refractivity (Wildman–Crippen MR) is 73.2 cm³/mol. The van der Waals surface area contributed by atoms with Gasteiger partial charge in [0.05, 0.1) is 5.75 Å². The lowest BCUT2D eigenvalue weighted by Gasteiger charge is -2.37. The normalized spacial score (nSPS) is 38.2. The smallest absolute Gasteiger partial charge is 0.215 e. The lowest BCUT2D eigenvalue weighted by atomic mass is 9.70. The zero-order valence-corrected chi connectivity index (χ0v) is 12.6. The van der Waals surface area contributed by atoms with E-state index >= 15 is 0 Å². The Morgan fingerprint density at radius 1 is 1.26 bits per heavy atom. The van der Waals surface area contributed by atoms with E-state index in [2.05, 4.69) is 13.8 Å². The highest BCUT2D eigenvalue weighted by Gasteiger charge is 2.65. The third kappa shape index (κ3) is 1.74. The molecule has 1 aliphatic heterocycles. The van der Waals surface area contributed by atoms with Gasteiger partial charge in [0, 0.05) is 24.9 Å². The van der Waals surface area contributed by atoms with Crippen LogP contribution >= 0.6 is 0 Å². The molecule has 3 rings (SSSR count). The SMILES string of the molecule is CC1(C)[C@H]2CC[C@@]1(CS(=O)(=O)N1CCCC1)C(=O)C2. The Hall–Kier alpha value is -0.420. The van der Waals surface area contributed by atoms with Gasteiger partial charge in [-0.15, -0.1) is 0 Å². The number of fused-ring (bicyclic) bond motifs is 2. The van der Waals surface area contributed by atoms with Crippen LogP contribution in [0.15, 0.2) is 0 Å². The first kappa shape index (κ1) is 13.6. The summed E-state index contributed by atoms with van der Waals surface area (Å²) in [6.45, 7) is 5.46. The van der Waals surface area contributed by atoms with Gasteiger partial charge in [-0.3, -0.25) is 4.79 Å². The second-order valence-corrected chi connectivity index (χ2v) is 9.00. The largest absolute Gasteiger partial charge is 0.299 e. The fourth-order valence-electron chi connectivity index (χ4n) is 4.48. The van der Waals surface area contributed by atoms with E-state index < -0.39 is 15.4 Å². The van der Waals surface area contributed by atoms with Crippen LogP contribution in [-0.4, -0.2) is 37.3 Å². The Morgan fingerprint density at radius 2 is 1.89 bits per heavy atom. The van der Waals surface area contributed by atoms with Crippen molar-refractivity contribution in [1.82, 2.24) is 4.31 Å². The molecule has 0 amide bonds. The fourth-order valence-corrected chi connectivity index (χ4v) is 6.77. The van der Waals surface area contributed by atoms with Gasteiger partial charge in [0.2, 0.25) is 10.0 Å². The Morgan fingerprint density at radius 3 is 2.37 bits per heavy atom. The Labute approximate surface area is 115 Å². The molecule has 0 radical (unpaired) electrons. The number of Topliss-reactive ketones (excluding diaryl/α,β-unsaturated/α-hetero) is 1. The molecule has 5 heteroatoms. The number of hydrogen-bond acceptors (Lipinski definition) is 3. The summed E-state index contributed by atoms with van der Waals surface area (Å²) in [5.74, 6) is 0.618. The Kier molecular flexibility index (Phi) is 2.88. The third-order valence-corrected chi connectivity index (χ3v) is 8.04. The minimum atomic E-state index is -3.28. The topological polar surface area (TPSA) is 54.5 Å². The van der Waals surface area contributed by atoms with Crippen LogP contribution in [0.1, 0.15) is 46.0 Å². The highest BCUT2D eigenvalue weighted by atomic mass is 32.2. The summed E-state index contributed by atoms with van der Waals surface area (Å²) in [5.41, 5.74) is -0.768. The maximum atomic E-state index is 12.6. The van der Waals surface area contributed by atoms with Gasteiger partial charge in [0.25, 0.3) is 0 Å². The second-order valence-electron chi connectivity index (χ2n) is 7.03. The molecule has 0 aromatic rings. The number of hydrogen-bond donors (Lipinski definition) is 0. The number of sulfonamides is 1. The van der Waals surface area contributed by atoms with Gasteiger partial charge < -0.3 is 0 Å². The molecule has 0 unspecified atom stereocenters. The number of rotatable bonds is 3. The summed E-state index contributed by atoms with van der Waals surface area (Å²) in [6.07, 6.45) is 4.26. The van der Waals surface area contributed by atoms with E-state index in [1.165, 1.54) is 0 Å². The van der Waals surface area contributed by atoms with E-state index in [-0.39, 0.29) is 17.0 Å². The molecule has 0 spiro atoms. The van der Waals surface area contributed by atoms with E-state index in [0.29, 0.717) is 25.4 Å². The van der Waals surface area contributed by atoms with Gasteiger partial charge in [0.15, 0.2) is 0 Å². The van der Waals surface area contributed by atoms with Gasteiger partial charge in [-0.2, -0.15) is 0 Å². The maximum Gasteiger partial charge on any atom is 0.215 e. The van der Waals surface area contributed by atoms with Crippen LogP contribution in [0.5, 0.6) is 0 Å². The third-order valence-electron chi connectivity index (χ3n) is 6.03. The maximum absolute atomic E-state index is 12.6. The molecule has 3 fully saturated rings. The molecule has 3 aliphatic rings. The monoisotopic (exact) mass is 285 g/mol. The van der Waals surface area contributed by atoms with Crippen LogP contribution in [-0.2, 0) is 14.8 Å². The molecule has 2 bridgehead atoms. The van der Waals surface area contributed by atoms with Crippen molar-refractivity contribution in [2.45, 2.75) is 46.0 Å². The number of carbonyl (C=O) groups is 1. The number of nitrogens with zero attached hydrogens (tertiary/aromatic N) is 1. The molecule has 108 valence electrons. The summed E-state index contributed by atoms with van der Waals surface area (Å²) < 4.78 is 26.8. The average molecular weight is 285 g/mol. The van der Waals surface area contributed by atoms with Crippen molar-refractivity contribution in [1.29, 1.82) is 0 Å². The summed E-state index contributed by atoms with van der Waals surface area (Å²) in [6, 6.07) is 0. The molecular weight excluding hydrogens is 262 g/mol. The van der Waals surface area contributed by atoms with E-state index in [9.17, 15) is 13.2 Å². The molecule has 2 saturated carbocycles.